The van der Waals surface area contributed by atoms with Crippen LogP contribution in [0.2, 0.25) is 0 Å². The zero-order valence-electron chi connectivity index (χ0n) is 23.1. The molecule has 4 aliphatic rings. The molecule has 0 aromatic carbocycles. The number of allylic oxidation sites excluding steroid dienone is 8. The molecule has 0 nitrogen and oxygen atoms in total. The zero-order chi connectivity index (χ0) is 22.6. The van der Waals surface area contributed by atoms with Crippen molar-refractivity contribution in [1.82, 2.24) is 0 Å². The summed E-state index contributed by atoms with van der Waals surface area (Å²) in [5.41, 5.74) is 0. The molecular formula is C32H58Cl2Ir2. The van der Waals surface area contributed by atoms with Crippen LogP contribution in [0.5, 0.6) is 0 Å². The molecule has 0 saturated heterocycles. The predicted molar refractivity (Wildman–Crippen MR) is 162 cm³/mol. The molecule has 0 aliphatic heterocycles. The van der Waals surface area contributed by atoms with Crippen LogP contribution in [0, 0.1) is 0 Å². The van der Waals surface area contributed by atoms with Gasteiger partial charge < -0.3 is 0 Å². The van der Waals surface area contributed by atoms with Crippen molar-refractivity contribution in [1.29, 1.82) is 0 Å². The van der Waals surface area contributed by atoms with Gasteiger partial charge in [0.05, 0.1) is 0 Å². The molecule has 218 valence electrons. The van der Waals surface area contributed by atoms with E-state index in [1.54, 1.807) is 0 Å². The molecule has 0 saturated carbocycles. The number of halogens is 2. The van der Waals surface area contributed by atoms with Gasteiger partial charge in [-0.3, -0.25) is 0 Å². The second kappa shape index (κ2) is 40.3. The normalized spacial score (nSPS) is 23.1. The maximum absolute atomic E-state index is 2.32. The average Bonchev–Trinajstić information content (AvgIpc) is 2.67. The fourth-order valence-corrected chi connectivity index (χ4v) is 4.45. The van der Waals surface area contributed by atoms with Crippen molar-refractivity contribution in [3.8, 4) is 0 Å². The molecule has 4 heteroatoms. The smallest absolute Gasteiger partial charge is 0 e. The Hall–Kier alpha value is 0.839. The summed E-state index contributed by atoms with van der Waals surface area (Å²) in [5.74, 6) is 0. The topological polar surface area (TPSA) is 0 Å². The molecule has 0 unspecified atom stereocenters. The summed E-state index contributed by atoms with van der Waals surface area (Å²) in [7, 11) is 0. The summed E-state index contributed by atoms with van der Waals surface area (Å²) in [6, 6.07) is 0. The molecule has 0 fully saturated rings. The van der Waals surface area contributed by atoms with E-state index in [1.807, 2.05) is 0 Å². The third kappa shape index (κ3) is 37.0. The Bertz CT molecular complexity index is 359. The second-order valence-corrected chi connectivity index (χ2v) is 9.85. The minimum Gasteiger partial charge on any atom is -0.147 e. The van der Waals surface area contributed by atoms with Gasteiger partial charge in [0.2, 0.25) is 0 Å². The average molecular weight is 898 g/mol. The number of rotatable bonds is 0. The van der Waals surface area contributed by atoms with E-state index in [4.69, 9.17) is 0 Å². The second-order valence-electron chi connectivity index (χ2n) is 9.85. The van der Waals surface area contributed by atoms with E-state index < -0.39 is 0 Å². The van der Waals surface area contributed by atoms with Gasteiger partial charge in [-0.25, -0.2) is 0 Å². The van der Waals surface area contributed by atoms with E-state index in [2.05, 4.69) is 48.6 Å². The summed E-state index contributed by atoms with van der Waals surface area (Å²) in [6.45, 7) is 0. The van der Waals surface area contributed by atoms with Crippen molar-refractivity contribution in [3.63, 3.8) is 0 Å². The molecule has 0 spiro atoms. The molecule has 0 heterocycles. The maximum atomic E-state index is 2.32. The Labute approximate surface area is 266 Å². The molecule has 0 bridgehead atoms. The van der Waals surface area contributed by atoms with Gasteiger partial charge in [0.1, 0.15) is 0 Å². The Kier molecular flexibility index (Phi) is 49.2. The molecule has 0 N–H and O–H groups in total. The van der Waals surface area contributed by atoms with Crippen LogP contribution in [0.3, 0.4) is 0 Å². The van der Waals surface area contributed by atoms with Crippen LogP contribution in [0.25, 0.3) is 0 Å². The van der Waals surface area contributed by atoms with Crippen LogP contribution in [0.1, 0.15) is 154 Å². The van der Waals surface area contributed by atoms with E-state index in [-0.39, 0.29) is 65.0 Å². The first-order valence-electron chi connectivity index (χ1n) is 14.6. The quantitative estimate of drug-likeness (QED) is 0.213. The van der Waals surface area contributed by atoms with Gasteiger partial charge in [-0.15, -0.1) is 24.8 Å². The third-order valence-corrected chi connectivity index (χ3v) is 6.63. The van der Waals surface area contributed by atoms with Gasteiger partial charge in [0.15, 0.2) is 0 Å². The van der Waals surface area contributed by atoms with Crippen molar-refractivity contribution in [3.05, 3.63) is 48.6 Å². The minimum absolute atomic E-state index is 0. The van der Waals surface area contributed by atoms with E-state index >= 15 is 0 Å². The maximum Gasteiger partial charge on any atom is 0 e. The first-order chi connectivity index (χ1) is 16.0. The Morgan fingerprint density at radius 1 is 0.194 bits per heavy atom. The summed E-state index contributed by atoms with van der Waals surface area (Å²) in [5, 5.41) is 0. The van der Waals surface area contributed by atoms with Crippen molar-refractivity contribution in [2.45, 2.75) is 154 Å². The van der Waals surface area contributed by atoms with Crippen molar-refractivity contribution < 1.29 is 40.2 Å². The SMILES string of the molecule is C1=C\CCCCCC/1.C1=C\CCCCCC/1.C1=C\CCCCCC/1.C1=C\CCCCCC/1.Cl.Cl.[Ir].[Ir]. The number of hydrogen-bond acceptors (Lipinski definition) is 0. The van der Waals surface area contributed by atoms with Crippen LogP contribution in [0.4, 0.5) is 0 Å². The molecule has 36 heavy (non-hydrogen) atoms. The van der Waals surface area contributed by atoms with Crippen LogP contribution in [0.15, 0.2) is 48.6 Å². The first kappa shape index (κ1) is 43.9. The first-order valence-corrected chi connectivity index (χ1v) is 14.6. The van der Waals surface area contributed by atoms with E-state index in [1.165, 1.54) is 154 Å². The van der Waals surface area contributed by atoms with Gasteiger partial charge in [-0.05, 0) is 103 Å². The van der Waals surface area contributed by atoms with Crippen molar-refractivity contribution in [2.75, 3.05) is 0 Å². The van der Waals surface area contributed by atoms with Gasteiger partial charge in [-0.2, -0.15) is 0 Å². The third-order valence-electron chi connectivity index (χ3n) is 6.63. The molecule has 0 atom stereocenters. The number of hydrogen-bond donors (Lipinski definition) is 0. The Morgan fingerprint density at radius 2 is 0.306 bits per heavy atom. The molecule has 2 radical (unpaired) electrons. The monoisotopic (exact) mass is 898 g/mol. The fourth-order valence-electron chi connectivity index (χ4n) is 4.45. The van der Waals surface area contributed by atoms with Gasteiger partial charge in [0, 0.05) is 40.2 Å². The van der Waals surface area contributed by atoms with Gasteiger partial charge in [0.25, 0.3) is 0 Å². The van der Waals surface area contributed by atoms with Crippen LogP contribution in [-0.4, -0.2) is 0 Å². The van der Waals surface area contributed by atoms with Gasteiger partial charge in [-0.1, -0.05) is 100.0 Å². The van der Waals surface area contributed by atoms with E-state index in [0.717, 1.165) is 0 Å². The molecular weight excluding hydrogens is 840 g/mol. The standard InChI is InChI=1S/4C8H14.2ClH.2Ir/c4*1-2-4-6-8-7-5-3-1;;;;/h4*1-2H,3-8H2;2*1H;;/b4*2-1-;;;;. The molecule has 4 aliphatic carbocycles. The summed E-state index contributed by atoms with van der Waals surface area (Å²) in [4.78, 5) is 0. The summed E-state index contributed by atoms with van der Waals surface area (Å²) < 4.78 is 0. The van der Waals surface area contributed by atoms with E-state index in [0.29, 0.717) is 0 Å². The largest absolute Gasteiger partial charge is 0.147 e. The Morgan fingerprint density at radius 3 is 0.417 bits per heavy atom. The minimum atomic E-state index is 0. The van der Waals surface area contributed by atoms with Crippen LogP contribution >= 0.6 is 24.8 Å². The van der Waals surface area contributed by atoms with Crippen molar-refractivity contribution in [2.24, 2.45) is 0 Å². The van der Waals surface area contributed by atoms with E-state index in [9.17, 15) is 0 Å². The molecule has 0 amide bonds. The Balaban J connectivity index is -0.000000183. The molecule has 0 aromatic heterocycles. The summed E-state index contributed by atoms with van der Waals surface area (Å²) in [6.07, 6.45) is 52.0. The van der Waals surface area contributed by atoms with Crippen molar-refractivity contribution >= 4 is 24.8 Å². The van der Waals surface area contributed by atoms with Crippen LogP contribution in [-0.2, 0) is 40.2 Å². The molecule has 0 aromatic rings. The van der Waals surface area contributed by atoms with Crippen LogP contribution < -0.4 is 0 Å². The zero-order valence-corrected chi connectivity index (χ0v) is 29.5. The predicted octanol–water partition coefficient (Wildman–Crippen LogP) is 12.4. The van der Waals surface area contributed by atoms with Gasteiger partial charge >= 0.3 is 0 Å². The summed E-state index contributed by atoms with van der Waals surface area (Å²) >= 11 is 0. The fraction of sp³-hybridized carbons (Fsp3) is 0.750. The molecule has 4 rings (SSSR count).